The fourth-order valence-corrected chi connectivity index (χ4v) is 2.59. The van der Waals surface area contributed by atoms with Crippen LogP contribution in [0.2, 0.25) is 0 Å². The van der Waals surface area contributed by atoms with Gasteiger partial charge in [-0.25, -0.2) is 4.98 Å². The molecule has 1 aromatic carbocycles. The molecule has 0 aliphatic heterocycles. The average Bonchev–Trinajstić information content (AvgIpc) is 3.05. The van der Waals surface area contributed by atoms with Crippen LogP contribution in [0.4, 0.5) is 13.2 Å². The van der Waals surface area contributed by atoms with Crippen molar-refractivity contribution in [3.63, 3.8) is 0 Å². The van der Waals surface area contributed by atoms with Gasteiger partial charge in [0.25, 0.3) is 5.56 Å². The number of halogens is 3. The second-order valence-corrected chi connectivity index (χ2v) is 5.06. The van der Waals surface area contributed by atoms with E-state index in [-0.39, 0.29) is 5.13 Å². The van der Waals surface area contributed by atoms with Crippen LogP contribution in [-0.2, 0) is 6.18 Å². The molecule has 0 amide bonds. The summed E-state index contributed by atoms with van der Waals surface area (Å²) in [7, 11) is 0. The van der Waals surface area contributed by atoms with Crippen molar-refractivity contribution >= 4 is 11.3 Å². The number of aromatic amines is 1. The van der Waals surface area contributed by atoms with Crippen molar-refractivity contribution in [3.05, 3.63) is 57.8 Å². The van der Waals surface area contributed by atoms with Crippen molar-refractivity contribution in [1.82, 2.24) is 14.8 Å². The molecule has 1 N–H and O–H groups in total. The second kappa shape index (κ2) is 4.88. The number of thiazole rings is 1. The van der Waals surface area contributed by atoms with E-state index < -0.39 is 17.4 Å². The van der Waals surface area contributed by atoms with E-state index in [2.05, 4.69) is 4.98 Å². The van der Waals surface area contributed by atoms with Gasteiger partial charge in [0.2, 0.25) is 5.13 Å². The molecule has 108 valence electrons. The van der Waals surface area contributed by atoms with E-state index >= 15 is 0 Å². The van der Waals surface area contributed by atoms with Gasteiger partial charge in [-0.1, -0.05) is 30.3 Å². The largest absolute Gasteiger partial charge is 0.432 e. The quantitative estimate of drug-likeness (QED) is 0.789. The highest BCUT2D eigenvalue weighted by Gasteiger charge is 2.34. The maximum Gasteiger partial charge on any atom is 0.432 e. The molecule has 0 aliphatic carbocycles. The first-order valence-electron chi connectivity index (χ1n) is 5.86. The van der Waals surface area contributed by atoms with E-state index in [1.54, 1.807) is 5.38 Å². The Morgan fingerprint density at radius 3 is 2.52 bits per heavy atom. The summed E-state index contributed by atoms with van der Waals surface area (Å²) in [6, 6.07) is 9.69. The molecule has 2 heterocycles. The summed E-state index contributed by atoms with van der Waals surface area (Å²) in [4.78, 5) is 15.8. The molecule has 2 aromatic heterocycles. The zero-order chi connectivity index (χ0) is 15.0. The van der Waals surface area contributed by atoms with Gasteiger partial charge >= 0.3 is 6.18 Å². The molecular weight excluding hydrogens is 303 g/mol. The number of rotatable bonds is 2. The van der Waals surface area contributed by atoms with Gasteiger partial charge in [0, 0.05) is 17.0 Å². The van der Waals surface area contributed by atoms with Gasteiger partial charge < -0.3 is 0 Å². The van der Waals surface area contributed by atoms with Crippen molar-refractivity contribution in [2.75, 3.05) is 0 Å². The third-order valence-corrected chi connectivity index (χ3v) is 3.60. The van der Waals surface area contributed by atoms with Crippen LogP contribution in [0.25, 0.3) is 16.4 Å². The normalized spacial score (nSPS) is 11.8. The van der Waals surface area contributed by atoms with Crippen molar-refractivity contribution in [3.8, 4) is 16.4 Å². The lowest BCUT2D eigenvalue weighted by atomic mass is 10.2. The smallest absolute Gasteiger partial charge is 0.284 e. The van der Waals surface area contributed by atoms with E-state index in [1.165, 1.54) is 0 Å². The minimum absolute atomic E-state index is 0.161. The predicted octanol–water partition coefficient (Wildman–Crippen LogP) is 3.31. The van der Waals surface area contributed by atoms with Crippen molar-refractivity contribution in [2.45, 2.75) is 6.18 Å². The summed E-state index contributed by atoms with van der Waals surface area (Å²) in [6.07, 6.45) is -4.59. The Kier molecular flexibility index (Phi) is 3.17. The van der Waals surface area contributed by atoms with Gasteiger partial charge in [0.15, 0.2) is 0 Å². The molecule has 0 saturated carbocycles. The number of aromatic nitrogens is 3. The van der Waals surface area contributed by atoms with Gasteiger partial charge in [0.05, 0.1) is 5.69 Å². The van der Waals surface area contributed by atoms with Crippen LogP contribution in [0.3, 0.4) is 0 Å². The summed E-state index contributed by atoms with van der Waals surface area (Å²) in [6.45, 7) is 0. The van der Waals surface area contributed by atoms with E-state index in [0.717, 1.165) is 21.6 Å². The fraction of sp³-hybridized carbons (Fsp3) is 0.0769. The number of nitrogens with zero attached hydrogens (tertiary/aromatic N) is 2. The number of benzene rings is 1. The van der Waals surface area contributed by atoms with Crippen LogP contribution in [0.5, 0.6) is 0 Å². The Hall–Kier alpha value is -2.35. The number of alkyl halides is 3. The Morgan fingerprint density at radius 2 is 1.90 bits per heavy atom. The second-order valence-electron chi connectivity index (χ2n) is 4.22. The number of hydrogen-bond donors (Lipinski definition) is 1. The van der Waals surface area contributed by atoms with E-state index in [1.807, 2.05) is 35.4 Å². The molecule has 4 nitrogen and oxygen atoms in total. The molecule has 0 aliphatic rings. The Labute approximate surface area is 120 Å². The maximum atomic E-state index is 12.6. The number of H-pyrrole nitrogens is 1. The van der Waals surface area contributed by atoms with E-state index in [0.29, 0.717) is 11.8 Å². The van der Waals surface area contributed by atoms with Crippen molar-refractivity contribution in [2.24, 2.45) is 0 Å². The summed E-state index contributed by atoms with van der Waals surface area (Å²) in [5.74, 6) is 0. The minimum Gasteiger partial charge on any atom is -0.284 e. The van der Waals surface area contributed by atoms with E-state index in [9.17, 15) is 18.0 Å². The third kappa shape index (κ3) is 2.62. The standard InChI is InChI=1S/C13H8F3N3OS/c14-13(15,16)10-6-11(20)19(18-10)12-17-9(7-21-12)8-4-2-1-3-5-8/h1-7,18H. The molecule has 3 aromatic rings. The Morgan fingerprint density at radius 1 is 1.19 bits per heavy atom. The monoisotopic (exact) mass is 311 g/mol. The molecule has 0 spiro atoms. The zero-order valence-corrected chi connectivity index (χ0v) is 11.2. The highest BCUT2D eigenvalue weighted by atomic mass is 32.1. The minimum atomic E-state index is -4.59. The van der Waals surface area contributed by atoms with Crippen LogP contribution in [0.1, 0.15) is 5.69 Å². The summed E-state index contributed by atoms with van der Waals surface area (Å²) < 4.78 is 38.5. The molecule has 0 bridgehead atoms. The topological polar surface area (TPSA) is 50.7 Å². The van der Waals surface area contributed by atoms with Crippen LogP contribution in [-0.4, -0.2) is 14.8 Å². The summed E-state index contributed by atoms with van der Waals surface area (Å²) >= 11 is 1.09. The predicted molar refractivity (Wildman–Crippen MR) is 72.5 cm³/mol. The lowest BCUT2D eigenvalue weighted by molar-refractivity contribution is -0.141. The average molecular weight is 311 g/mol. The Balaban J connectivity index is 2.01. The van der Waals surface area contributed by atoms with Gasteiger partial charge in [-0.05, 0) is 0 Å². The Bertz CT molecular complexity index is 817. The first kappa shape index (κ1) is 13.6. The maximum absolute atomic E-state index is 12.6. The lowest BCUT2D eigenvalue weighted by Gasteiger charge is -2.01. The molecule has 0 atom stereocenters. The van der Waals surface area contributed by atoms with Crippen LogP contribution >= 0.6 is 11.3 Å². The highest BCUT2D eigenvalue weighted by Crippen LogP contribution is 2.28. The molecule has 0 radical (unpaired) electrons. The number of hydrogen-bond acceptors (Lipinski definition) is 3. The SMILES string of the molecule is O=c1cc(C(F)(F)F)[nH]n1-c1nc(-c2ccccc2)cs1. The van der Waals surface area contributed by atoms with Gasteiger partial charge in [-0.15, -0.1) is 11.3 Å². The molecular formula is C13H8F3N3OS. The lowest BCUT2D eigenvalue weighted by Crippen LogP contribution is -2.13. The molecule has 0 unspecified atom stereocenters. The van der Waals surface area contributed by atoms with Gasteiger partial charge in [-0.3, -0.25) is 9.89 Å². The first-order valence-corrected chi connectivity index (χ1v) is 6.74. The highest BCUT2D eigenvalue weighted by molar-refractivity contribution is 7.12. The zero-order valence-electron chi connectivity index (χ0n) is 10.4. The summed E-state index contributed by atoms with van der Waals surface area (Å²) in [5.41, 5.74) is -0.457. The molecule has 3 rings (SSSR count). The van der Waals surface area contributed by atoms with Gasteiger partial charge in [0.1, 0.15) is 5.69 Å². The number of nitrogens with one attached hydrogen (secondary N) is 1. The fourth-order valence-electron chi connectivity index (χ4n) is 1.79. The van der Waals surface area contributed by atoms with Crippen molar-refractivity contribution < 1.29 is 13.2 Å². The third-order valence-electron chi connectivity index (χ3n) is 2.78. The molecule has 0 saturated heterocycles. The van der Waals surface area contributed by atoms with Crippen molar-refractivity contribution in [1.29, 1.82) is 0 Å². The van der Waals surface area contributed by atoms with Crippen LogP contribution in [0.15, 0.2) is 46.6 Å². The molecule has 21 heavy (non-hydrogen) atoms. The molecule has 8 heteroatoms. The summed E-state index contributed by atoms with van der Waals surface area (Å²) in [5, 5.41) is 3.88. The van der Waals surface area contributed by atoms with Gasteiger partial charge in [-0.2, -0.15) is 17.9 Å². The first-order chi connectivity index (χ1) is 9.95. The van der Waals surface area contributed by atoms with Crippen LogP contribution in [0, 0.1) is 0 Å². The van der Waals surface area contributed by atoms with Crippen LogP contribution < -0.4 is 5.56 Å². The van der Waals surface area contributed by atoms with E-state index in [4.69, 9.17) is 0 Å². The molecule has 0 fully saturated rings.